The van der Waals surface area contributed by atoms with Crippen molar-refractivity contribution in [1.82, 2.24) is 0 Å². The van der Waals surface area contributed by atoms with Crippen LogP contribution in [0.1, 0.15) is 13.8 Å². The summed E-state index contributed by atoms with van der Waals surface area (Å²) < 4.78 is 0. The van der Waals surface area contributed by atoms with Crippen molar-refractivity contribution in [3.05, 3.63) is 35.0 Å². The molecule has 3 aromatic rings. The van der Waals surface area contributed by atoms with Crippen LogP contribution in [0.5, 0.6) is 11.5 Å². The average Bonchev–Trinajstić information content (AvgIpc) is 2.80. The predicted octanol–water partition coefficient (Wildman–Crippen LogP) is 1.56. The van der Waals surface area contributed by atoms with E-state index in [1.807, 2.05) is 13.8 Å². The number of aromatic hydroxyl groups is 2. The van der Waals surface area contributed by atoms with Crippen molar-refractivity contribution in [3.63, 3.8) is 0 Å². The molecule has 116 valence electrons. The number of nitrogens with two attached hydrogens (primary N) is 2. The van der Waals surface area contributed by atoms with Crippen LogP contribution in [0.3, 0.4) is 0 Å². The SMILES string of the molecule is CC1(C)N=c2ccc3c(O)c4c(N)ccc(N)c4c(O)c3c2=N1. The summed E-state index contributed by atoms with van der Waals surface area (Å²) in [6.45, 7) is 3.76. The number of benzene rings is 3. The molecule has 0 spiro atoms. The quantitative estimate of drug-likeness (QED) is 0.286. The molecule has 4 rings (SSSR count). The maximum absolute atomic E-state index is 10.8. The summed E-state index contributed by atoms with van der Waals surface area (Å²) in [6.07, 6.45) is 0. The lowest BCUT2D eigenvalue weighted by molar-refractivity contribution is 0.478. The molecule has 0 aromatic heterocycles. The fraction of sp³-hybridized carbons (Fsp3) is 0.176. The third-order valence-corrected chi connectivity index (χ3v) is 4.17. The summed E-state index contributed by atoms with van der Waals surface area (Å²) in [5.74, 6) is -0.0496. The Bertz CT molecular complexity index is 1130. The second-order valence-electron chi connectivity index (χ2n) is 6.27. The molecule has 0 bridgehead atoms. The highest BCUT2D eigenvalue weighted by molar-refractivity contribution is 6.17. The Morgan fingerprint density at radius 3 is 2.09 bits per heavy atom. The van der Waals surface area contributed by atoms with E-state index in [1.165, 1.54) is 0 Å². The Hall–Kier alpha value is -3.02. The molecule has 1 aliphatic rings. The molecule has 6 heteroatoms. The molecule has 1 heterocycles. The first-order valence-corrected chi connectivity index (χ1v) is 7.24. The minimum atomic E-state index is -0.602. The molecule has 6 N–H and O–H groups in total. The molecule has 23 heavy (non-hydrogen) atoms. The smallest absolute Gasteiger partial charge is 0.146 e. The first-order chi connectivity index (χ1) is 10.8. The maximum Gasteiger partial charge on any atom is 0.146 e. The van der Waals surface area contributed by atoms with Crippen molar-refractivity contribution in [2.45, 2.75) is 19.5 Å². The number of rotatable bonds is 0. The highest BCUT2D eigenvalue weighted by atomic mass is 16.3. The van der Waals surface area contributed by atoms with Gasteiger partial charge in [-0.3, -0.25) is 9.98 Å². The van der Waals surface area contributed by atoms with Gasteiger partial charge in [-0.05, 0) is 38.1 Å². The zero-order chi connectivity index (χ0) is 16.5. The van der Waals surface area contributed by atoms with Crippen LogP contribution in [-0.4, -0.2) is 15.9 Å². The average molecular weight is 308 g/mol. The monoisotopic (exact) mass is 308 g/mol. The van der Waals surface area contributed by atoms with Crippen LogP contribution in [0.4, 0.5) is 11.4 Å². The molecule has 3 aromatic carbocycles. The topological polar surface area (TPSA) is 117 Å². The summed E-state index contributed by atoms with van der Waals surface area (Å²) >= 11 is 0. The van der Waals surface area contributed by atoms with Crippen LogP contribution in [-0.2, 0) is 0 Å². The Labute approximate surface area is 131 Å². The van der Waals surface area contributed by atoms with E-state index < -0.39 is 5.66 Å². The Balaban J connectivity index is 2.38. The Morgan fingerprint density at radius 1 is 0.826 bits per heavy atom. The molecule has 0 amide bonds. The minimum Gasteiger partial charge on any atom is -0.507 e. The van der Waals surface area contributed by atoms with Gasteiger partial charge in [-0.25, -0.2) is 0 Å². The lowest BCUT2D eigenvalue weighted by Gasteiger charge is -2.13. The Morgan fingerprint density at radius 2 is 1.43 bits per heavy atom. The standard InChI is InChI=1S/C17H16N4O2/c1-17(2)20-10-6-3-7-11(14(10)21-17)16(23)13-9(19)5-4-8(18)12(13)15(7)22/h3-6,22-23H,18-19H2,1-2H3. The molecule has 0 saturated carbocycles. The van der Waals surface area contributed by atoms with Gasteiger partial charge in [0.2, 0.25) is 0 Å². The van der Waals surface area contributed by atoms with E-state index in [0.717, 1.165) is 0 Å². The van der Waals surface area contributed by atoms with Crippen molar-refractivity contribution in [2.75, 3.05) is 11.5 Å². The van der Waals surface area contributed by atoms with Gasteiger partial charge < -0.3 is 21.7 Å². The van der Waals surface area contributed by atoms with E-state index in [9.17, 15) is 10.2 Å². The number of fused-ring (bicyclic) bond motifs is 4. The van der Waals surface area contributed by atoms with E-state index in [2.05, 4.69) is 9.98 Å². The lowest BCUT2D eigenvalue weighted by atomic mass is 9.98. The summed E-state index contributed by atoms with van der Waals surface area (Å²) in [4.78, 5) is 9.07. The van der Waals surface area contributed by atoms with Gasteiger partial charge in [0.1, 0.15) is 17.2 Å². The predicted molar refractivity (Wildman–Crippen MR) is 90.0 cm³/mol. The highest BCUT2D eigenvalue weighted by Gasteiger charge is 2.23. The lowest BCUT2D eigenvalue weighted by Crippen LogP contribution is -2.22. The number of phenolic OH excluding ortho intramolecular Hbond substituents is 2. The number of hydrogen-bond donors (Lipinski definition) is 4. The van der Waals surface area contributed by atoms with Gasteiger partial charge in [-0.2, -0.15) is 0 Å². The molecule has 0 saturated heterocycles. The number of hydrogen-bond acceptors (Lipinski definition) is 6. The largest absolute Gasteiger partial charge is 0.507 e. The van der Waals surface area contributed by atoms with E-state index in [1.54, 1.807) is 24.3 Å². The van der Waals surface area contributed by atoms with Gasteiger partial charge in [0.25, 0.3) is 0 Å². The summed E-state index contributed by atoms with van der Waals surface area (Å²) in [5.41, 5.74) is 12.1. The molecule has 0 fully saturated rings. The number of phenols is 2. The number of anilines is 2. The van der Waals surface area contributed by atoms with Crippen molar-refractivity contribution in [2.24, 2.45) is 9.98 Å². The first-order valence-electron chi connectivity index (χ1n) is 7.24. The minimum absolute atomic E-state index is 0.0136. The molecule has 0 atom stereocenters. The van der Waals surface area contributed by atoms with Crippen molar-refractivity contribution < 1.29 is 10.2 Å². The maximum atomic E-state index is 10.8. The number of nitrogen functional groups attached to an aromatic ring is 2. The third kappa shape index (κ3) is 1.69. The molecule has 0 aliphatic carbocycles. The first kappa shape index (κ1) is 13.6. The van der Waals surface area contributed by atoms with Crippen molar-refractivity contribution in [3.8, 4) is 11.5 Å². The van der Waals surface area contributed by atoms with E-state index >= 15 is 0 Å². The number of nitrogens with zero attached hydrogens (tertiary/aromatic N) is 2. The van der Waals surface area contributed by atoms with Crippen LogP contribution >= 0.6 is 0 Å². The van der Waals surface area contributed by atoms with Gasteiger partial charge in [0, 0.05) is 16.8 Å². The van der Waals surface area contributed by atoms with Gasteiger partial charge in [-0.15, -0.1) is 0 Å². The van der Waals surface area contributed by atoms with Crippen molar-refractivity contribution >= 4 is 32.9 Å². The van der Waals surface area contributed by atoms with Crippen LogP contribution in [0.2, 0.25) is 0 Å². The van der Waals surface area contributed by atoms with Crippen molar-refractivity contribution in [1.29, 1.82) is 0 Å². The summed E-state index contributed by atoms with van der Waals surface area (Å²) in [6, 6.07) is 6.71. The van der Waals surface area contributed by atoms with Crippen LogP contribution < -0.4 is 22.2 Å². The fourth-order valence-corrected chi connectivity index (χ4v) is 3.22. The third-order valence-electron chi connectivity index (χ3n) is 4.17. The second kappa shape index (κ2) is 4.04. The molecule has 1 aliphatic heterocycles. The molecular formula is C17H16N4O2. The summed E-state index contributed by atoms with van der Waals surface area (Å²) in [5, 5.41) is 24.4. The normalized spacial score (nSPS) is 15.4. The van der Waals surface area contributed by atoms with E-state index in [4.69, 9.17) is 11.5 Å². The zero-order valence-corrected chi connectivity index (χ0v) is 12.8. The second-order valence-corrected chi connectivity index (χ2v) is 6.27. The molecule has 6 nitrogen and oxygen atoms in total. The molecule has 0 radical (unpaired) electrons. The van der Waals surface area contributed by atoms with E-state index in [-0.39, 0.29) is 11.5 Å². The van der Waals surface area contributed by atoms with Crippen LogP contribution in [0.15, 0.2) is 34.3 Å². The molecular weight excluding hydrogens is 292 g/mol. The van der Waals surface area contributed by atoms with Gasteiger partial charge >= 0.3 is 0 Å². The Kier molecular flexibility index (Phi) is 2.39. The molecule has 0 unspecified atom stereocenters. The summed E-state index contributed by atoms with van der Waals surface area (Å²) in [7, 11) is 0. The highest BCUT2D eigenvalue weighted by Crippen LogP contribution is 2.44. The fourth-order valence-electron chi connectivity index (χ4n) is 3.22. The van der Waals surface area contributed by atoms with Gasteiger partial charge in [0.15, 0.2) is 0 Å². The van der Waals surface area contributed by atoms with Gasteiger partial charge in [-0.1, -0.05) is 0 Å². The van der Waals surface area contributed by atoms with Crippen LogP contribution in [0.25, 0.3) is 21.5 Å². The zero-order valence-electron chi connectivity index (χ0n) is 12.8. The van der Waals surface area contributed by atoms with Gasteiger partial charge in [0.05, 0.1) is 26.9 Å². The van der Waals surface area contributed by atoms with Crippen LogP contribution in [0, 0.1) is 0 Å². The van der Waals surface area contributed by atoms with E-state index in [0.29, 0.717) is 43.6 Å².